The fraction of sp³-hybridized carbons (Fsp3) is 0.286. The van der Waals surface area contributed by atoms with Crippen molar-refractivity contribution in [2.75, 3.05) is 0 Å². The number of ketones is 1. The van der Waals surface area contributed by atoms with E-state index in [1.807, 2.05) is 0 Å². The molecule has 26 heavy (non-hydrogen) atoms. The van der Waals surface area contributed by atoms with Gasteiger partial charge in [0.25, 0.3) is 0 Å². The summed E-state index contributed by atoms with van der Waals surface area (Å²) in [6.07, 6.45) is 1.96. The topological polar surface area (TPSA) is 69.7 Å². The minimum absolute atomic E-state index is 0.0614. The molecule has 0 saturated heterocycles. The molecule has 1 atom stereocenters. The van der Waals surface area contributed by atoms with Gasteiger partial charge >= 0.3 is 11.9 Å². The fourth-order valence-corrected chi connectivity index (χ4v) is 3.16. The molecule has 0 bridgehead atoms. The van der Waals surface area contributed by atoms with Crippen molar-refractivity contribution in [3.63, 3.8) is 0 Å². The van der Waals surface area contributed by atoms with Crippen molar-refractivity contribution in [1.82, 2.24) is 0 Å². The van der Waals surface area contributed by atoms with Crippen LogP contribution in [0, 0.1) is 11.8 Å². The van der Waals surface area contributed by atoms with Gasteiger partial charge in [-0.15, -0.1) is 0 Å². The predicted molar refractivity (Wildman–Crippen MR) is 94.6 cm³/mol. The van der Waals surface area contributed by atoms with Gasteiger partial charge in [0.05, 0.1) is 0 Å². The zero-order valence-corrected chi connectivity index (χ0v) is 14.3. The third kappa shape index (κ3) is 4.57. The summed E-state index contributed by atoms with van der Waals surface area (Å²) < 4.78 is 10.7. The van der Waals surface area contributed by atoms with Gasteiger partial charge in [0, 0.05) is 12.8 Å². The fourth-order valence-electron chi connectivity index (χ4n) is 3.16. The normalized spacial score (nSPS) is 17.0. The zero-order chi connectivity index (χ0) is 18.4. The number of Topliss-reactive ketones (excluding diaryl/α,β-unsaturated/α-hetero) is 1. The van der Waals surface area contributed by atoms with Gasteiger partial charge < -0.3 is 9.47 Å². The van der Waals surface area contributed by atoms with Crippen LogP contribution in [0.25, 0.3) is 0 Å². The predicted octanol–water partition coefficient (Wildman–Crippen LogP) is 3.57. The Morgan fingerprint density at radius 1 is 0.846 bits per heavy atom. The van der Waals surface area contributed by atoms with Crippen molar-refractivity contribution in [3.8, 4) is 11.5 Å². The molecule has 0 unspecified atom stereocenters. The smallest absolute Gasteiger partial charge is 0.326 e. The average Bonchev–Trinajstić information content (AvgIpc) is 2.63. The van der Waals surface area contributed by atoms with Crippen molar-refractivity contribution < 1.29 is 23.9 Å². The van der Waals surface area contributed by atoms with Crippen molar-refractivity contribution in [3.05, 3.63) is 60.7 Å². The first-order chi connectivity index (χ1) is 12.6. The molecule has 2 aromatic rings. The number of benzene rings is 2. The van der Waals surface area contributed by atoms with Crippen LogP contribution >= 0.6 is 0 Å². The molecule has 5 nitrogen and oxygen atoms in total. The molecular weight excluding hydrogens is 332 g/mol. The summed E-state index contributed by atoms with van der Waals surface area (Å²) in [7, 11) is 0. The maximum atomic E-state index is 12.7. The monoisotopic (exact) mass is 352 g/mol. The Balaban J connectivity index is 1.79. The summed E-state index contributed by atoms with van der Waals surface area (Å²) >= 11 is 0. The molecule has 2 aromatic carbocycles. The molecule has 0 radical (unpaired) electrons. The second-order valence-corrected chi connectivity index (χ2v) is 6.34. The molecule has 3 rings (SSSR count). The molecule has 0 spiro atoms. The van der Waals surface area contributed by atoms with Crippen LogP contribution in [0.15, 0.2) is 60.7 Å². The first-order valence-corrected chi connectivity index (χ1v) is 8.68. The minimum Gasteiger partial charge on any atom is -0.426 e. The van der Waals surface area contributed by atoms with E-state index in [1.54, 1.807) is 60.7 Å². The molecule has 0 aliphatic heterocycles. The van der Waals surface area contributed by atoms with Crippen LogP contribution in [0.4, 0.5) is 0 Å². The first-order valence-electron chi connectivity index (χ1n) is 8.68. The zero-order valence-electron chi connectivity index (χ0n) is 14.3. The minimum atomic E-state index is -1.13. The quantitative estimate of drug-likeness (QED) is 0.467. The van der Waals surface area contributed by atoms with Gasteiger partial charge in [0.15, 0.2) is 5.92 Å². The Labute approximate surface area is 151 Å². The van der Waals surface area contributed by atoms with Gasteiger partial charge in [-0.1, -0.05) is 36.4 Å². The van der Waals surface area contributed by atoms with E-state index in [4.69, 9.17) is 9.47 Å². The second kappa shape index (κ2) is 8.43. The SMILES string of the molecule is O=C1CCC[C@@H](C(C(=O)Oc2ccccc2)C(=O)Oc2ccccc2)C1. The highest BCUT2D eigenvalue weighted by Gasteiger charge is 2.40. The third-order valence-electron chi connectivity index (χ3n) is 4.42. The summed E-state index contributed by atoms with van der Waals surface area (Å²) in [6.45, 7) is 0. The number of rotatable bonds is 5. The van der Waals surface area contributed by atoms with Crippen LogP contribution < -0.4 is 9.47 Å². The summed E-state index contributed by atoms with van der Waals surface area (Å²) in [4.78, 5) is 37.3. The number of hydrogen-bond acceptors (Lipinski definition) is 5. The maximum absolute atomic E-state index is 12.7. The average molecular weight is 352 g/mol. The molecule has 0 heterocycles. The van der Waals surface area contributed by atoms with Crippen molar-refractivity contribution >= 4 is 17.7 Å². The number of carbonyl (C=O) groups is 3. The van der Waals surface area contributed by atoms with E-state index < -0.39 is 23.8 Å². The molecule has 134 valence electrons. The highest BCUT2D eigenvalue weighted by Crippen LogP contribution is 2.31. The molecule has 1 aliphatic rings. The standard InChI is InChI=1S/C21H20O5/c22-16-9-7-8-15(14-16)19(20(23)25-17-10-3-1-4-11-17)21(24)26-18-12-5-2-6-13-18/h1-6,10-13,15,19H,7-9,14H2/t15-/m1/s1. The summed E-state index contributed by atoms with van der Waals surface area (Å²) in [5.74, 6) is -2.11. The number of para-hydroxylation sites is 2. The largest absolute Gasteiger partial charge is 0.426 e. The van der Waals surface area contributed by atoms with Crippen LogP contribution in [0.1, 0.15) is 25.7 Å². The van der Waals surface area contributed by atoms with E-state index >= 15 is 0 Å². The van der Waals surface area contributed by atoms with Crippen molar-refractivity contribution in [1.29, 1.82) is 0 Å². The van der Waals surface area contributed by atoms with Gasteiger partial charge in [-0.3, -0.25) is 14.4 Å². The lowest BCUT2D eigenvalue weighted by Gasteiger charge is -2.26. The summed E-state index contributed by atoms with van der Waals surface area (Å²) in [6, 6.07) is 17.1. The highest BCUT2D eigenvalue weighted by atomic mass is 16.6. The number of carbonyl (C=O) groups excluding carboxylic acids is 3. The molecular formula is C21H20O5. The lowest BCUT2D eigenvalue weighted by molar-refractivity contribution is -0.154. The summed E-state index contributed by atoms with van der Waals surface area (Å²) in [5.41, 5.74) is 0. The third-order valence-corrected chi connectivity index (χ3v) is 4.42. The van der Waals surface area contributed by atoms with Crippen LogP contribution in [0.2, 0.25) is 0 Å². The number of hydrogen-bond donors (Lipinski definition) is 0. The number of esters is 2. The molecule has 0 N–H and O–H groups in total. The second-order valence-electron chi connectivity index (χ2n) is 6.34. The Kier molecular flexibility index (Phi) is 5.79. The lowest BCUT2D eigenvalue weighted by Crippen LogP contribution is -2.39. The van der Waals surface area contributed by atoms with E-state index in [0.29, 0.717) is 30.8 Å². The summed E-state index contributed by atoms with van der Waals surface area (Å²) in [5, 5.41) is 0. The Morgan fingerprint density at radius 3 is 1.81 bits per heavy atom. The molecule has 0 aromatic heterocycles. The van der Waals surface area contributed by atoms with E-state index in [2.05, 4.69) is 0 Å². The van der Waals surface area contributed by atoms with E-state index in [-0.39, 0.29) is 12.2 Å². The maximum Gasteiger partial charge on any atom is 0.326 e. The molecule has 1 aliphatic carbocycles. The van der Waals surface area contributed by atoms with Gasteiger partial charge in [-0.25, -0.2) is 0 Å². The van der Waals surface area contributed by atoms with E-state index in [9.17, 15) is 14.4 Å². The number of ether oxygens (including phenoxy) is 2. The Hall–Kier alpha value is -2.95. The molecule has 0 amide bonds. The van der Waals surface area contributed by atoms with Crippen molar-refractivity contribution in [2.45, 2.75) is 25.7 Å². The first kappa shape index (κ1) is 17.9. The van der Waals surface area contributed by atoms with Crippen LogP contribution in [-0.4, -0.2) is 17.7 Å². The Bertz CT molecular complexity index is 716. The van der Waals surface area contributed by atoms with Crippen molar-refractivity contribution in [2.24, 2.45) is 11.8 Å². The Morgan fingerprint density at radius 2 is 1.35 bits per heavy atom. The van der Waals surface area contributed by atoms with Crippen LogP contribution in [-0.2, 0) is 14.4 Å². The molecule has 5 heteroatoms. The highest BCUT2D eigenvalue weighted by molar-refractivity contribution is 5.97. The van der Waals surface area contributed by atoms with Gasteiger partial charge in [0.2, 0.25) is 0 Å². The van der Waals surface area contributed by atoms with E-state index in [1.165, 1.54) is 0 Å². The van der Waals surface area contributed by atoms with Crippen LogP contribution in [0.5, 0.6) is 11.5 Å². The van der Waals surface area contributed by atoms with Gasteiger partial charge in [-0.05, 0) is 43.0 Å². The molecule has 1 saturated carbocycles. The lowest BCUT2D eigenvalue weighted by atomic mass is 9.79. The van der Waals surface area contributed by atoms with E-state index in [0.717, 1.165) is 0 Å². The van der Waals surface area contributed by atoms with Gasteiger partial charge in [0.1, 0.15) is 17.3 Å². The van der Waals surface area contributed by atoms with Crippen LogP contribution in [0.3, 0.4) is 0 Å². The molecule has 1 fully saturated rings. The van der Waals surface area contributed by atoms with Gasteiger partial charge in [-0.2, -0.15) is 0 Å².